The lowest BCUT2D eigenvalue weighted by atomic mass is 10.1. The SMILES string of the molecule is CC(C)(C)OC(=O)N1CC(Nc2nnc(Cl)c3cccnc23)C1. The van der Waals surface area contributed by atoms with Crippen molar-refractivity contribution < 1.29 is 9.53 Å². The van der Waals surface area contributed by atoms with Gasteiger partial charge in [-0.2, -0.15) is 0 Å². The first-order chi connectivity index (χ1) is 10.8. The van der Waals surface area contributed by atoms with Crippen LogP contribution in [0.25, 0.3) is 10.9 Å². The van der Waals surface area contributed by atoms with Crippen molar-refractivity contribution in [2.24, 2.45) is 0 Å². The van der Waals surface area contributed by atoms with E-state index in [-0.39, 0.29) is 12.1 Å². The minimum Gasteiger partial charge on any atom is -0.444 e. The number of hydrogen-bond acceptors (Lipinski definition) is 6. The van der Waals surface area contributed by atoms with Crippen LogP contribution in [-0.2, 0) is 4.74 Å². The molecule has 3 heterocycles. The molecule has 0 saturated carbocycles. The third-order valence-corrected chi connectivity index (χ3v) is 3.65. The second kappa shape index (κ2) is 5.81. The van der Waals surface area contributed by atoms with Crippen LogP contribution in [-0.4, -0.2) is 50.9 Å². The van der Waals surface area contributed by atoms with E-state index >= 15 is 0 Å². The Labute approximate surface area is 139 Å². The summed E-state index contributed by atoms with van der Waals surface area (Å²) in [6.45, 7) is 6.64. The Hall–Kier alpha value is -2.15. The maximum atomic E-state index is 11.9. The van der Waals surface area contributed by atoms with Gasteiger partial charge in [-0.3, -0.25) is 4.98 Å². The summed E-state index contributed by atoms with van der Waals surface area (Å²) in [6.07, 6.45) is 1.37. The molecular formula is C15H18ClN5O2. The van der Waals surface area contributed by atoms with Gasteiger partial charge in [0.05, 0.1) is 6.04 Å². The molecule has 0 bridgehead atoms. The van der Waals surface area contributed by atoms with Crippen LogP contribution >= 0.6 is 11.6 Å². The summed E-state index contributed by atoms with van der Waals surface area (Å²) in [6, 6.07) is 3.73. The van der Waals surface area contributed by atoms with Gasteiger partial charge in [0.2, 0.25) is 0 Å². The van der Waals surface area contributed by atoms with E-state index in [1.54, 1.807) is 17.2 Å². The highest BCUT2D eigenvalue weighted by Crippen LogP contribution is 2.25. The molecule has 0 aromatic carbocycles. The zero-order chi connectivity index (χ0) is 16.6. The Balaban J connectivity index is 1.65. The largest absolute Gasteiger partial charge is 0.444 e. The number of ether oxygens (including phenoxy) is 1. The lowest BCUT2D eigenvalue weighted by Crippen LogP contribution is -2.58. The molecule has 0 unspecified atom stereocenters. The lowest BCUT2D eigenvalue weighted by Gasteiger charge is -2.40. The fourth-order valence-corrected chi connectivity index (χ4v) is 2.48. The number of anilines is 1. The summed E-state index contributed by atoms with van der Waals surface area (Å²) in [4.78, 5) is 17.9. The number of carbonyl (C=O) groups is 1. The van der Waals surface area contributed by atoms with Crippen molar-refractivity contribution in [1.29, 1.82) is 0 Å². The second-order valence-corrected chi connectivity index (χ2v) is 6.82. The predicted octanol–water partition coefficient (Wildman–Crippen LogP) is 2.71. The number of fused-ring (bicyclic) bond motifs is 1. The van der Waals surface area contributed by atoms with Crippen molar-refractivity contribution in [2.75, 3.05) is 18.4 Å². The van der Waals surface area contributed by atoms with Gasteiger partial charge in [0.25, 0.3) is 0 Å². The van der Waals surface area contributed by atoms with Crippen molar-refractivity contribution in [2.45, 2.75) is 32.4 Å². The first-order valence-corrected chi connectivity index (χ1v) is 7.72. The molecule has 23 heavy (non-hydrogen) atoms. The van der Waals surface area contributed by atoms with E-state index in [4.69, 9.17) is 16.3 Å². The van der Waals surface area contributed by atoms with Crippen LogP contribution in [0.1, 0.15) is 20.8 Å². The van der Waals surface area contributed by atoms with E-state index in [9.17, 15) is 4.79 Å². The standard InChI is InChI=1S/C15H18ClN5O2/c1-15(2,3)23-14(22)21-7-9(8-21)18-13-11-10(5-4-6-17-11)12(16)19-20-13/h4-6,9H,7-8H2,1-3H3,(H,18,20). The van der Waals surface area contributed by atoms with Gasteiger partial charge in [-0.15, -0.1) is 10.2 Å². The Bertz CT molecular complexity index is 740. The molecule has 1 aliphatic rings. The highest BCUT2D eigenvalue weighted by atomic mass is 35.5. The first kappa shape index (κ1) is 15.7. The molecule has 0 atom stereocenters. The number of carbonyl (C=O) groups excluding carboxylic acids is 1. The number of rotatable bonds is 2. The molecule has 0 aliphatic carbocycles. The molecule has 2 aromatic heterocycles. The minimum absolute atomic E-state index is 0.0863. The number of likely N-dealkylation sites (tertiary alicyclic amines) is 1. The highest BCUT2D eigenvalue weighted by molar-refractivity contribution is 6.34. The summed E-state index contributed by atoms with van der Waals surface area (Å²) in [5.41, 5.74) is 0.181. The molecule has 8 heteroatoms. The van der Waals surface area contributed by atoms with E-state index < -0.39 is 5.60 Å². The van der Waals surface area contributed by atoms with Crippen LogP contribution in [0.2, 0.25) is 5.15 Å². The number of hydrogen-bond donors (Lipinski definition) is 1. The summed E-state index contributed by atoms with van der Waals surface area (Å²) in [5.74, 6) is 0.568. The zero-order valence-electron chi connectivity index (χ0n) is 13.2. The number of halogens is 1. The van der Waals surface area contributed by atoms with Gasteiger partial charge in [0, 0.05) is 24.7 Å². The van der Waals surface area contributed by atoms with E-state index in [0.29, 0.717) is 29.6 Å². The van der Waals surface area contributed by atoms with Gasteiger partial charge in [0.1, 0.15) is 11.1 Å². The molecule has 2 aromatic rings. The van der Waals surface area contributed by atoms with Crippen LogP contribution in [0.3, 0.4) is 0 Å². The minimum atomic E-state index is -0.489. The zero-order valence-corrected chi connectivity index (χ0v) is 14.0. The molecule has 0 spiro atoms. The van der Waals surface area contributed by atoms with Crippen LogP contribution < -0.4 is 5.32 Å². The molecule has 1 saturated heterocycles. The molecule has 122 valence electrons. The van der Waals surface area contributed by atoms with Crippen molar-refractivity contribution >= 4 is 34.4 Å². The van der Waals surface area contributed by atoms with Gasteiger partial charge in [0.15, 0.2) is 11.0 Å². The van der Waals surface area contributed by atoms with Crippen LogP contribution in [0.5, 0.6) is 0 Å². The molecule has 1 amide bonds. The maximum absolute atomic E-state index is 11.9. The van der Waals surface area contributed by atoms with Crippen LogP contribution in [0.15, 0.2) is 18.3 Å². The molecule has 1 aliphatic heterocycles. The summed E-state index contributed by atoms with van der Waals surface area (Å²) >= 11 is 6.03. The molecule has 7 nitrogen and oxygen atoms in total. The van der Waals surface area contributed by atoms with Gasteiger partial charge < -0.3 is 15.0 Å². The molecule has 0 radical (unpaired) electrons. The van der Waals surface area contributed by atoms with E-state index in [2.05, 4.69) is 20.5 Å². The van der Waals surface area contributed by atoms with Gasteiger partial charge >= 0.3 is 6.09 Å². The fourth-order valence-electron chi connectivity index (χ4n) is 2.29. The van der Waals surface area contributed by atoms with Crippen molar-refractivity contribution in [1.82, 2.24) is 20.1 Å². The van der Waals surface area contributed by atoms with Gasteiger partial charge in [-0.25, -0.2) is 4.79 Å². The average Bonchev–Trinajstić information content (AvgIpc) is 2.42. The highest BCUT2D eigenvalue weighted by Gasteiger charge is 2.34. The van der Waals surface area contributed by atoms with E-state index in [1.807, 2.05) is 26.8 Å². The molecular weight excluding hydrogens is 318 g/mol. The number of aromatic nitrogens is 3. The third kappa shape index (κ3) is 3.44. The fraction of sp³-hybridized carbons (Fsp3) is 0.467. The summed E-state index contributed by atoms with van der Waals surface area (Å²) < 4.78 is 5.33. The molecule has 1 fully saturated rings. The second-order valence-electron chi connectivity index (χ2n) is 6.47. The molecule has 3 rings (SSSR count). The van der Waals surface area contributed by atoms with Crippen molar-refractivity contribution in [3.05, 3.63) is 23.5 Å². The van der Waals surface area contributed by atoms with Gasteiger partial charge in [-0.1, -0.05) is 11.6 Å². The number of nitrogens with zero attached hydrogens (tertiary/aromatic N) is 4. The van der Waals surface area contributed by atoms with Crippen molar-refractivity contribution in [3.8, 4) is 0 Å². The Morgan fingerprint density at radius 1 is 1.39 bits per heavy atom. The third-order valence-electron chi connectivity index (χ3n) is 3.37. The van der Waals surface area contributed by atoms with Crippen LogP contribution in [0.4, 0.5) is 10.6 Å². The van der Waals surface area contributed by atoms with Crippen LogP contribution in [0, 0.1) is 0 Å². The number of pyridine rings is 1. The quantitative estimate of drug-likeness (QED) is 0.908. The maximum Gasteiger partial charge on any atom is 0.410 e. The Morgan fingerprint density at radius 2 is 2.13 bits per heavy atom. The normalized spacial score (nSPS) is 15.4. The lowest BCUT2D eigenvalue weighted by molar-refractivity contribution is 0.0105. The monoisotopic (exact) mass is 335 g/mol. The Morgan fingerprint density at radius 3 is 2.83 bits per heavy atom. The first-order valence-electron chi connectivity index (χ1n) is 7.35. The Kier molecular flexibility index (Phi) is 3.97. The smallest absolute Gasteiger partial charge is 0.410 e. The van der Waals surface area contributed by atoms with Crippen molar-refractivity contribution in [3.63, 3.8) is 0 Å². The van der Waals surface area contributed by atoms with E-state index in [0.717, 1.165) is 5.39 Å². The summed E-state index contributed by atoms with van der Waals surface area (Å²) in [5, 5.41) is 12.3. The van der Waals surface area contributed by atoms with Gasteiger partial charge in [-0.05, 0) is 32.9 Å². The topological polar surface area (TPSA) is 80.2 Å². The average molecular weight is 336 g/mol. The van der Waals surface area contributed by atoms with E-state index in [1.165, 1.54) is 0 Å². The number of nitrogens with one attached hydrogen (secondary N) is 1. The molecule has 1 N–H and O–H groups in total. The number of amides is 1. The summed E-state index contributed by atoms with van der Waals surface area (Å²) in [7, 11) is 0. The predicted molar refractivity (Wildman–Crippen MR) is 87.6 cm³/mol.